The topological polar surface area (TPSA) is 70.9 Å². The molecule has 2 aromatic rings. The number of ether oxygens (including phenoxy) is 1. The molecule has 2 aromatic carbocycles. The van der Waals surface area contributed by atoms with Crippen LogP contribution in [0, 0.1) is 0 Å². The first-order valence-corrected chi connectivity index (χ1v) is 6.86. The summed E-state index contributed by atoms with van der Waals surface area (Å²) in [6.07, 6.45) is 1.43. The van der Waals surface area contributed by atoms with E-state index in [1.165, 1.54) is 13.3 Å². The number of hydrogen-bond acceptors (Lipinski definition) is 4. The molecule has 0 radical (unpaired) electrons. The largest absolute Gasteiger partial charge is 0.503 e. The van der Waals surface area contributed by atoms with Gasteiger partial charge in [-0.3, -0.25) is 4.79 Å². The van der Waals surface area contributed by atoms with E-state index in [0.29, 0.717) is 21.3 Å². The van der Waals surface area contributed by atoms with Gasteiger partial charge in [-0.15, -0.1) is 0 Å². The minimum absolute atomic E-state index is 0.0177. The van der Waals surface area contributed by atoms with Gasteiger partial charge in [0.2, 0.25) is 0 Å². The first-order valence-electron chi connectivity index (χ1n) is 6.07. The van der Waals surface area contributed by atoms with Crippen LogP contribution in [-0.4, -0.2) is 24.3 Å². The van der Waals surface area contributed by atoms with E-state index in [4.69, 9.17) is 4.74 Å². The number of hydrogen-bond donors (Lipinski definition) is 2. The fraction of sp³-hybridized carbons (Fsp3) is 0.0667. The van der Waals surface area contributed by atoms with E-state index in [1.54, 1.807) is 36.4 Å². The molecule has 0 spiro atoms. The summed E-state index contributed by atoms with van der Waals surface area (Å²) in [4.78, 5) is 11.8. The first kappa shape index (κ1) is 15.1. The van der Waals surface area contributed by atoms with E-state index in [0.717, 1.165) is 0 Å². The molecule has 21 heavy (non-hydrogen) atoms. The molecule has 2 N–H and O–H groups in total. The van der Waals surface area contributed by atoms with Gasteiger partial charge in [0, 0.05) is 11.1 Å². The zero-order valence-electron chi connectivity index (χ0n) is 11.2. The zero-order valence-corrected chi connectivity index (χ0v) is 12.8. The Morgan fingerprint density at radius 3 is 2.67 bits per heavy atom. The third kappa shape index (κ3) is 3.61. The van der Waals surface area contributed by atoms with E-state index in [-0.39, 0.29) is 11.7 Å². The van der Waals surface area contributed by atoms with Crippen molar-refractivity contribution in [2.75, 3.05) is 7.11 Å². The highest BCUT2D eigenvalue weighted by Gasteiger charge is 2.09. The number of hydrazone groups is 1. The fourth-order valence-electron chi connectivity index (χ4n) is 1.64. The summed E-state index contributed by atoms with van der Waals surface area (Å²) in [6, 6.07) is 12.1. The number of methoxy groups -OCH3 is 1. The number of aromatic hydroxyl groups is 1. The molecular weight excluding hydrogens is 336 g/mol. The Balaban J connectivity index is 2.09. The number of carbonyl (C=O) groups is 1. The Morgan fingerprint density at radius 1 is 1.29 bits per heavy atom. The van der Waals surface area contributed by atoms with E-state index in [9.17, 15) is 9.90 Å². The highest BCUT2D eigenvalue weighted by molar-refractivity contribution is 9.10. The molecule has 0 saturated carbocycles. The molecule has 0 aromatic heterocycles. The van der Waals surface area contributed by atoms with Crippen molar-refractivity contribution >= 4 is 28.1 Å². The summed E-state index contributed by atoms with van der Waals surface area (Å²) < 4.78 is 5.43. The minimum Gasteiger partial charge on any atom is -0.503 e. The SMILES string of the molecule is COc1ccc(/C=N/NC(=O)c2ccccc2)c(Br)c1O. The van der Waals surface area contributed by atoms with Crippen LogP contribution >= 0.6 is 15.9 Å². The van der Waals surface area contributed by atoms with Crippen molar-refractivity contribution in [1.82, 2.24) is 5.43 Å². The Bertz CT molecular complexity index is 672. The molecule has 2 rings (SSSR count). The zero-order chi connectivity index (χ0) is 15.2. The molecule has 108 valence electrons. The maximum atomic E-state index is 11.8. The van der Waals surface area contributed by atoms with E-state index < -0.39 is 0 Å². The Kier molecular flexibility index (Phi) is 4.94. The predicted molar refractivity (Wildman–Crippen MR) is 83.9 cm³/mol. The molecular formula is C15H13BrN2O3. The van der Waals surface area contributed by atoms with E-state index >= 15 is 0 Å². The summed E-state index contributed by atoms with van der Waals surface area (Å²) in [6.45, 7) is 0. The molecule has 0 aliphatic heterocycles. The number of carbonyl (C=O) groups excluding carboxylic acids is 1. The van der Waals surface area contributed by atoms with Crippen LogP contribution in [0.2, 0.25) is 0 Å². The lowest BCUT2D eigenvalue weighted by Crippen LogP contribution is -2.17. The molecule has 0 heterocycles. The van der Waals surface area contributed by atoms with Gasteiger partial charge in [0.05, 0.1) is 17.8 Å². The van der Waals surface area contributed by atoms with Gasteiger partial charge in [0.15, 0.2) is 11.5 Å². The molecule has 0 unspecified atom stereocenters. The van der Waals surface area contributed by atoms with Crippen LogP contribution in [0.4, 0.5) is 0 Å². The smallest absolute Gasteiger partial charge is 0.271 e. The van der Waals surface area contributed by atoms with Gasteiger partial charge >= 0.3 is 0 Å². The summed E-state index contributed by atoms with van der Waals surface area (Å²) in [7, 11) is 1.47. The average Bonchev–Trinajstić information content (AvgIpc) is 2.52. The van der Waals surface area contributed by atoms with Crippen molar-refractivity contribution in [3.8, 4) is 11.5 Å². The van der Waals surface area contributed by atoms with Crippen LogP contribution in [-0.2, 0) is 0 Å². The fourth-order valence-corrected chi connectivity index (χ4v) is 2.07. The Hall–Kier alpha value is -2.34. The van der Waals surface area contributed by atoms with Crippen LogP contribution in [0.15, 0.2) is 52.0 Å². The molecule has 6 heteroatoms. The highest BCUT2D eigenvalue weighted by atomic mass is 79.9. The highest BCUT2D eigenvalue weighted by Crippen LogP contribution is 2.35. The molecule has 0 atom stereocenters. The van der Waals surface area contributed by atoms with Crippen molar-refractivity contribution in [2.45, 2.75) is 0 Å². The standard InChI is InChI=1S/C15H13BrN2O3/c1-21-12-8-7-11(13(16)14(12)19)9-17-18-15(20)10-5-3-2-4-6-10/h2-9,19H,1H3,(H,18,20)/b17-9+. The van der Waals surface area contributed by atoms with Crippen LogP contribution in [0.1, 0.15) is 15.9 Å². The number of amides is 1. The lowest BCUT2D eigenvalue weighted by Gasteiger charge is -2.06. The lowest BCUT2D eigenvalue weighted by molar-refractivity contribution is 0.0955. The van der Waals surface area contributed by atoms with Gasteiger partial charge in [-0.2, -0.15) is 5.10 Å². The first-order chi connectivity index (χ1) is 10.1. The predicted octanol–water partition coefficient (Wildman–Crippen LogP) is 2.93. The number of nitrogens with one attached hydrogen (secondary N) is 1. The quantitative estimate of drug-likeness (QED) is 0.659. The average molecular weight is 349 g/mol. The number of benzene rings is 2. The van der Waals surface area contributed by atoms with Crippen molar-refractivity contribution < 1.29 is 14.6 Å². The Morgan fingerprint density at radius 2 is 2.00 bits per heavy atom. The van der Waals surface area contributed by atoms with Crippen LogP contribution in [0.25, 0.3) is 0 Å². The van der Waals surface area contributed by atoms with Crippen LogP contribution in [0.3, 0.4) is 0 Å². The maximum absolute atomic E-state index is 11.8. The van der Waals surface area contributed by atoms with Crippen molar-refractivity contribution in [3.05, 3.63) is 58.1 Å². The molecule has 5 nitrogen and oxygen atoms in total. The second kappa shape index (κ2) is 6.90. The summed E-state index contributed by atoms with van der Waals surface area (Å²) >= 11 is 3.25. The van der Waals surface area contributed by atoms with Gasteiger partial charge in [-0.25, -0.2) is 5.43 Å². The molecule has 0 aliphatic rings. The van der Waals surface area contributed by atoms with Gasteiger partial charge < -0.3 is 9.84 Å². The van der Waals surface area contributed by atoms with Crippen LogP contribution < -0.4 is 10.2 Å². The normalized spacial score (nSPS) is 10.6. The third-order valence-corrected chi connectivity index (χ3v) is 3.57. The molecule has 0 fully saturated rings. The lowest BCUT2D eigenvalue weighted by atomic mass is 10.2. The summed E-state index contributed by atoms with van der Waals surface area (Å²) in [5, 5.41) is 13.7. The second-order valence-corrected chi connectivity index (χ2v) is 4.88. The van der Waals surface area contributed by atoms with E-state index in [2.05, 4.69) is 26.5 Å². The monoisotopic (exact) mass is 348 g/mol. The third-order valence-electron chi connectivity index (χ3n) is 2.73. The molecule has 0 bridgehead atoms. The number of phenols is 1. The van der Waals surface area contributed by atoms with Crippen LogP contribution in [0.5, 0.6) is 11.5 Å². The maximum Gasteiger partial charge on any atom is 0.271 e. The molecule has 1 amide bonds. The number of halogens is 1. The van der Waals surface area contributed by atoms with Gasteiger partial charge in [0.1, 0.15) is 0 Å². The van der Waals surface area contributed by atoms with Crippen molar-refractivity contribution in [1.29, 1.82) is 0 Å². The number of rotatable bonds is 4. The summed E-state index contributed by atoms with van der Waals surface area (Å²) in [5.41, 5.74) is 3.55. The Labute approximate surface area is 130 Å². The summed E-state index contributed by atoms with van der Waals surface area (Å²) in [5.74, 6) is 0.0314. The molecule has 0 aliphatic carbocycles. The van der Waals surface area contributed by atoms with Gasteiger partial charge in [0.25, 0.3) is 5.91 Å². The second-order valence-electron chi connectivity index (χ2n) is 4.08. The van der Waals surface area contributed by atoms with Crippen molar-refractivity contribution in [2.24, 2.45) is 5.10 Å². The van der Waals surface area contributed by atoms with Gasteiger partial charge in [-0.05, 0) is 40.2 Å². The van der Waals surface area contributed by atoms with Crippen molar-refractivity contribution in [3.63, 3.8) is 0 Å². The number of nitrogens with zero attached hydrogens (tertiary/aromatic N) is 1. The van der Waals surface area contributed by atoms with E-state index in [1.807, 2.05) is 6.07 Å². The van der Waals surface area contributed by atoms with Gasteiger partial charge in [-0.1, -0.05) is 18.2 Å². The minimum atomic E-state index is -0.305. The number of phenolic OH excluding ortho intramolecular Hbond substituents is 1. The molecule has 0 saturated heterocycles.